The molecule has 34 heavy (non-hydrogen) atoms. The summed E-state index contributed by atoms with van der Waals surface area (Å²) in [5, 5.41) is 3.90. The predicted octanol–water partition coefficient (Wildman–Crippen LogP) is 5.20. The smallest absolute Gasteiger partial charge is 0.264 e. The third-order valence-electron chi connectivity index (χ3n) is 5.33. The summed E-state index contributed by atoms with van der Waals surface area (Å²) in [6, 6.07) is 13.5. The van der Waals surface area contributed by atoms with Crippen LogP contribution in [-0.4, -0.2) is 55.5 Å². The van der Waals surface area contributed by atoms with Gasteiger partial charge in [-0.05, 0) is 52.9 Å². The van der Waals surface area contributed by atoms with Crippen molar-refractivity contribution < 1.29 is 19.1 Å². The fraction of sp³-hybridized carbons (Fsp3) is 0.385. The molecule has 2 heterocycles. The number of hydrogen-bond acceptors (Lipinski definition) is 6. The molecule has 3 rings (SSSR count). The molecule has 0 radical (unpaired) electrons. The van der Waals surface area contributed by atoms with Crippen LogP contribution < -0.4 is 9.47 Å². The Balaban J connectivity index is 1.75. The Hall–Kier alpha value is -2.84. The van der Waals surface area contributed by atoms with Crippen LogP contribution in [0.3, 0.4) is 0 Å². The van der Waals surface area contributed by atoms with Crippen LogP contribution in [-0.2, 0) is 17.8 Å². The van der Waals surface area contributed by atoms with E-state index in [0.717, 1.165) is 10.4 Å². The fourth-order valence-corrected chi connectivity index (χ4v) is 5.07. The van der Waals surface area contributed by atoms with Gasteiger partial charge in [-0.2, -0.15) is 0 Å². The molecule has 0 aliphatic carbocycles. The van der Waals surface area contributed by atoms with E-state index in [1.807, 2.05) is 58.1 Å². The molecule has 182 valence electrons. The van der Waals surface area contributed by atoms with E-state index in [9.17, 15) is 9.59 Å². The maximum Gasteiger partial charge on any atom is 0.264 e. The number of benzene rings is 1. The first-order chi connectivity index (χ1) is 16.4. The molecule has 0 saturated heterocycles. The van der Waals surface area contributed by atoms with Crippen molar-refractivity contribution in [1.29, 1.82) is 0 Å². The summed E-state index contributed by atoms with van der Waals surface area (Å²) in [5.41, 5.74) is 1.05. The Morgan fingerprint density at radius 2 is 1.68 bits per heavy atom. The molecule has 8 heteroatoms. The first-order valence-corrected chi connectivity index (χ1v) is 13.0. The van der Waals surface area contributed by atoms with Crippen molar-refractivity contribution in [1.82, 2.24) is 9.80 Å². The zero-order valence-corrected chi connectivity index (χ0v) is 21.8. The minimum absolute atomic E-state index is 0.0561. The monoisotopic (exact) mass is 500 g/mol. The zero-order valence-electron chi connectivity index (χ0n) is 20.2. The van der Waals surface area contributed by atoms with Gasteiger partial charge in [0.2, 0.25) is 5.91 Å². The van der Waals surface area contributed by atoms with Gasteiger partial charge in [0, 0.05) is 18.0 Å². The van der Waals surface area contributed by atoms with Crippen molar-refractivity contribution in [2.75, 3.05) is 33.9 Å². The highest BCUT2D eigenvalue weighted by atomic mass is 32.1. The van der Waals surface area contributed by atoms with E-state index in [2.05, 4.69) is 13.8 Å². The van der Waals surface area contributed by atoms with Crippen LogP contribution in [0.5, 0.6) is 11.5 Å². The van der Waals surface area contributed by atoms with Gasteiger partial charge in [0.05, 0.1) is 25.6 Å². The number of amides is 2. The summed E-state index contributed by atoms with van der Waals surface area (Å²) >= 11 is 3.03. The highest BCUT2D eigenvalue weighted by molar-refractivity contribution is 7.12. The molecule has 0 N–H and O–H groups in total. The normalized spacial score (nSPS) is 10.9. The molecule has 0 aliphatic heterocycles. The Morgan fingerprint density at radius 3 is 2.29 bits per heavy atom. The minimum Gasteiger partial charge on any atom is -0.493 e. The van der Waals surface area contributed by atoms with Crippen LogP contribution in [0.15, 0.2) is 53.2 Å². The summed E-state index contributed by atoms with van der Waals surface area (Å²) in [5.74, 6) is 1.46. The second kappa shape index (κ2) is 12.6. The minimum atomic E-state index is -0.0898. The highest BCUT2D eigenvalue weighted by Gasteiger charge is 2.24. The summed E-state index contributed by atoms with van der Waals surface area (Å²) in [6.07, 6.45) is 0.667. The van der Waals surface area contributed by atoms with Crippen molar-refractivity contribution in [2.45, 2.75) is 26.8 Å². The molecule has 0 bridgehead atoms. The van der Waals surface area contributed by atoms with E-state index < -0.39 is 0 Å². The summed E-state index contributed by atoms with van der Waals surface area (Å²) < 4.78 is 10.7. The molecule has 6 nitrogen and oxygen atoms in total. The molecule has 0 atom stereocenters. The van der Waals surface area contributed by atoms with Gasteiger partial charge in [0.25, 0.3) is 5.91 Å². The van der Waals surface area contributed by atoms with Gasteiger partial charge in [0.1, 0.15) is 6.54 Å². The molecular formula is C26H32N2O4S2. The topological polar surface area (TPSA) is 59.1 Å². The standard InChI is InChI=1S/C26H32N2O4S2/c1-19(2)16-28(26(30)24-8-6-14-34-24)18-25(29)27(17-21-7-5-13-33-21)12-11-20-9-10-22(31-3)23(15-20)32-4/h5-10,13-15,19H,11-12,16-18H2,1-4H3. The fourth-order valence-electron chi connectivity index (χ4n) is 3.66. The van der Waals surface area contributed by atoms with Crippen LogP contribution in [0.1, 0.15) is 34.0 Å². The number of rotatable bonds is 12. The molecule has 0 saturated carbocycles. The zero-order chi connectivity index (χ0) is 24.5. The average molecular weight is 501 g/mol. The van der Waals surface area contributed by atoms with Crippen LogP contribution in [0.2, 0.25) is 0 Å². The Labute approximate surface area is 209 Å². The van der Waals surface area contributed by atoms with Crippen molar-refractivity contribution in [2.24, 2.45) is 5.92 Å². The van der Waals surface area contributed by atoms with Gasteiger partial charge >= 0.3 is 0 Å². The largest absolute Gasteiger partial charge is 0.493 e. The summed E-state index contributed by atoms with van der Waals surface area (Å²) in [6.45, 7) is 5.76. The molecule has 2 amide bonds. The van der Waals surface area contributed by atoms with Gasteiger partial charge in [-0.1, -0.05) is 32.0 Å². The highest BCUT2D eigenvalue weighted by Crippen LogP contribution is 2.28. The third-order valence-corrected chi connectivity index (χ3v) is 7.05. The summed E-state index contributed by atoms with van der Waals surface area (Å²) in [7, 11) is 3.22. The SMILES string of the molecule is COc1ccc(CCN(Cc2cccs2)C(=O)CN(CC(C)C)C(=O)c2cccs2)cc1OC. The number of ether oxygens (including phenoxy) is 2. The van der Waals surface area contributed by atoms with Crippen molar-refractivity contribution in [3.05, 3.63) is 68.5 Å². The molecule has 0 aliphatic rings. The second-order valence-corrected chi connectivity index (χ2v) is 10.4. The van der Waals surface area contributed by atoms with E-state index in [1.54, 1.807) is 30.5 Å². The van der Waals surface area contributed by atoms with Crippen LogP contribution in [0.25, 0.3) is 0 Å². The van der Waals surface area contributed by atoms with Gasteiger partial charge in [-0.25, -0.2) is 0 Å². The van der Waals surface area contributed by atoms with Crippen molar-refractivity contribution in [3.8, 4) is 11.5 Å². The number of hydrogen-bond donors (Lipinski definition) is 0. The van der Waals surface area contributed by atoms with Crippen molar-refractivity contribution >= 4 is 34.5 Å². The van der Waals surface area contributed by atoms with Gasteiger partial charge in [0.15, 0.2) is 11.5 Å². The quantitative estimate of drug-likeness (QED) is 0.343. The molecule has 0 unspecified atom stereocenters. The first kappa shape index (κ1) is 25.8. The third kappa shape index (κ3) is 7.08. The first-order valence-electron chi connectivity index (χ1n) is 11.2. The lowest BCUT2D eigenvalue weighted by Crippen LogP contribution is -2.44. The maximum atomic E-state index is 13.5. The molecule has 0 spiro atoms. The van der Waals surface area contributed by atoms with Crippen LogP contribution in [0, 0.1) is 5.92 Å². The molecule has 1 aromatic carbocycles. The van der Waals surface area contributed by atoms with Gasteiger partial charge in [-0.15, -0.1) is 22.7 Å². The number of thiophene rings is 2. The lowest BCUT2D eigenvalue weighted by molar-refractivity contribution is -0.132. The van der Waals surface area contributed by atoms with Gasteiger partial charge < -0.3 is 19.3 Å². The van der Waals surface area contributed by atoms with Crippen LogP contribution >= 0.6 is 22.7 Å². The van der Waals surface area contributed by atoms with E-state index in [1.165, 1.54) is 11.3 Å². The van der Waals surface area contributed by atoms with E-state index >= 15 is 0 Å². The Morgan fingerprint density at radius 1 is 0.941 bits per heavy atom. The van der Waals surface area contributed by atoms with E-state index in [4.69, 9.17) is 9.47 Å². The number of methoxy groups -OCH3 is 2. The maximum absolute atomic E-state index is 13.5. The second-order valence-electron chi connectivity index (χ2n) is 8.39. The number of carbonyl (C=O) groups excluding carboxylic acids is 2. The van der Waals surface area contributed by atoms with E-state index in [-0.39, 0.29) is 24.3 Å². The average Bonchev–Trinajstić information content (AvgIpc) is 3.54. The number of carbonyl (C=O) groups is 2. The summed E-state index contributed by atoms with van der Waals surface area (Å²) in [4.78, 5) is 31.8. The van der Waals surface area contributed by atoms with Crippen molar-refractivity contribution in [3.63, 3.8) is 0 Å². The molecular weight excluding hydrogens is 468 g/mol. The molecule has 3 aromatic rings. The lowest BCUT2D eigenvalue weighted by Gasteiger charge is -2.28. The molecule has 2 aromatic heterocycles. The Bertz CT molecular complexity index is 1050. The predicted molar refractivity (Wildman–Crippen MR) is 138 cm³/mol. The van der Waals surface area contributed by atoms with Crippen LogP contribution in [0.4, 0.5) is 0 Å². The Kier molecular flexibility index (Phi) is 9.53. The van der Waals surface area contributed by atoms with Gasteiger partial charge in [-0.3, -0.25) is 9.59 Å². The van der Waals surface area contributed by atoms with E-state index in [0.29, 0.717) is 42.4 Å². The number of nitrogens with zero attached hydrogens (tertiary/aromatic N) is 2. The lowest BCUT2D eigenvalue weighted by atomic mass is 10.1. The molecule has 0 fully saturated rings.